The molecular formula is C22H39IN6. The molecular weight excluding hydrogens is 475 g/mol. The highest BCUT2D eigenvalue weighted by Gasteiger charge is 2.34. The summed E-state index contributed by atoms with van der Waals surface area (Å²) in [4.78, 5) is 14.3. The standard InChI is InChI=1S/C22H38N6.HI/c1-4-22(9-7-10-22)18-26-21(23-5-2)25-17-19-8-11-24-20(16-19)28-14-12-27(6-3)13-15-28;/h8,11,16H,4-7,9-10,12-15,17-18H2,1-3H3,(H2,23,25,26);1H. The zero-order valence-corrected chi connectivity index (χ0v) is 20.7. The summed E-state index contributed by atoms with van der Waals surface area (Å²) in [5.74, 6) is 2.01. The maximum atomic E-state index is 4.83. The molecule has 1 aliphatic carbocycles. The van der Waals surface area contributed by atoms with Crippen molar-refractivity contribution in [1.29, 1.82) is 0 Å². The topological polar surface area (TPSA) is 55.8 Å². The third kappa shape index (κ3) is 6.70. The second kappa shape index (κ2) is 11.9. The van der Waals surface area contributed by atoms with E-state index in [0.717, 1.165) is 57.6 Å². The third-order valence-corrected chi connectivity index (χ3v) is 6.51. The third-order valence-electron chi connectivity index (χ3n) is 6.51. The number of halogens is 1. The molecule has 2 aliphatic rings. The van der Waals surface area contributed by atoms with Crippen molar-refractivity contribution >= 4 is 35.8 Å². The quantitative estimate of drug-likeness (QED) is 0.316. The summed E-state index contributed by atoms with van der Waals surface area (Å²) < 4.78 is 0. The normalized spacial score (nSPS) is 19.3. The number of hydrogen-bond acceptors (Lipinski definition) is 4. The number of piperazine rings is 1. The molecule has 2 N–H and O–H groups in total. The van der Waals surface area contributed by atoms with E-state index in [9.17, 15) is 0 Å². The first-order valence-corrected chi connectivity index (χ1v) is 11.1. The minimum absolute atomic E-state index is 0. The molecule has 6 nitrogen and oxygen atoms in total. The van der Waals surface area contributed by atoms with Crippen LogP contribution in [0.2, 0.25) is 0 Å². The van der Waals surface area contributed by atoms with Crippen molar-refractivity contribution in [3.05, 3.63) is 23.9 Å². The van der Waals surface area contributed by atoms with Crippen LogP contribution in [0.15, 0.2) is 23.3 Å². The van der Waals surface area contributed by atoms with E-state index in [4.69, 9.17) is 4.99 Å². The van der Waals surface area contributed by atoms with E-state index in [1.165, 1.54) is 31.2 Å². The first kappa shape index (κ1) is 24.2. The van der Waals surface area contributed by atoms with E-state index in [2.05, 4.69) is 58.3 Å². The average Bonchev–Trinajstić information content (AvgIpc) is 2.71. The maximum Gasteiger partial charge on any atom is 0.191 e. The van der Waals surface area contributed by atoms with E-state index >= 15 is 0 Å². The van der Waals surface area contributed by atoms with Gasteiger partial charge in [0.05, 0.1) is 6.54 Å². The van der Waals surface area contributed by atoms with Crippen LogP contribution in [0.4, 0.5) is 5.82 Å². The number of hydrogen-bond donors (Lipinski definition) is 2. The molecule has 0 bridgehead atoms. The number of aliphatic imine (C=N–C) groups is 1. The summed E-state index contributed by atoms with van der Waals surface area (Å²) in [7, 11) is 0. The molecule has 0 spiro atoms. The molecule has 0 radical (unpaired) electrons. The Kier molecular flexibility index (Phi) is 9.95. The van der Waals surface area contributed by atoms with E-state index in [1.54, 1.807) is 0 Å². The van der Waals surface area contributed by atoms with Gasteiger partial charge in [-0.1, -0.05) is 20.3 Å². The molecule has 29 heavy (non-hydrogen) atoms. The predicted octanol–water partition coefficient (Wildman–Crippen LogP) is 3.48. The first-order valence-electron chi connectivity index (χ1n) is 11.1. The molecule has 164 valence electrons. The summed E-state index contributed by atoms with van der Waals surface area (Å²) in [5.41, 5.74) is 1.70. The van der Waals surface area contributed by atoms with Crippen LogP contribution in [0.5, 0.6) is 0 Å². The summed E-state index contributed by atoms with van der Waals surface area (Å²) in [6.45, 7) is 14.7. The van der Waals surface area contributed by atoms with Crippen molar-refractivity contribution in [2.45, 2.75) is 53.0 Å². The lowest BCUT2D eigenvalue weighted by Gasteiger charge is -2.41. The van der Waals surface area contributed by atoms with Gasteiger partial charge in [-0.25, -0.2) is 9.98 Å². The summed E-state index contributed by atoms with van der Waals surface area (Å²) in [6.07, 6.45) is 7.23. The summed E-state index contributed by atoms with van der Waals surface area (Å²) >= 11 is 0. The van der Waals surface area contributed by atoms with Gasteiger partial charge in [0.25, 0.3) is 0 Å². The van der Waals surface area contributed by atoms with E-state index in [-0.39, 0.29) is 24.0 Å². The van der Waals surface area contributed by atoms with E-state index in [0.29, 0.717) is 12.0 Å². The molecule has 0 atom stereocenters. The number of anilines is 1. The predicted molar refractivity (Wildman–Crippen MR) is 133 cm³/mol. The highest BCUT2D eigenvalue weighted by atomic mass is 127. The number of guanidine groups is 1. The van der Waals surface area contributed by atoms with Crippen LogP contribution in [0.1, 0.15) is 52.0 Å². The summed E-state index contributed by atoms with van der Waals surface area (Å²) in [6, 6.07) is 4.28. The van der Waals surface area contributed by atoms with Crippen molar-refractivity contribution in [2.24, 2.45) is 10.4 Å². The monoisotopic (exact) mass is 514 g/mol. The van der Waals surface area contributed by atoms with E-state index < -0.39 is 0 Å². The van der Waals surface area contributed by atoms with Crippen LogP contribution < -0.4 is 15.5 Å². The van der Waals surface area contributed by atoms with Crippen LogP contribution in [0, 0.1) is 5.41 Å². The zero-order valence-electron chi connectivity index (χ0n) is 18.4. The van der Waals surface area contributed by atoms with Gasteiger partial charge in [0.1, 0.15) is 5.82 Å². The Morgan fingerprint density at radius 2 is 1.90 bits per heavy atom. The molecule has 3 rings (SSSR count). The van der Waals surface area contributed by atoms with Crippen molar-refractivity contribution in [3.8, 4) is 0 Å². The van der Waals surface area contributed by atoms with Gasteiger partial charge in [-0.05, 0) is 55.8 Å². The van der Waals surface area contributed by atoms with Gasteiger partial charge in [-0.15, -0.1) is 24.0 Å². The molecule has 1 saturated heterocycles. The summed E-state index contributed by atoms with van der Waals surface area (Å²) in [5, 5.41) is 6.98. The minimum atomic E-state index is 0. The van der Waals surface area contributed by atoms with Crippen LogP contribution in [0.25, 0.3) is 0 Å². The van der Waals surface area contributed by atoms with Crippen molar-refractivity contribution in [1.82, 2.24) is 20.5 Å². The van der Waals surface area contributed by atoms with Gasteiger partial charge >= 0.3 is 0 Å². The van der Waals surface area contributed by atoms with Crippen LogP contribution in [-0.2, 0) is 6.54 Å². The molecule has 0 aromatic carbocycles. The highest BCUT2D eigenvalue weighted by Crippen LogP contribution is 2.42. The Morgan fingerprint density at radius 3 is 2.48 bits per heavy atom. The Balaban J connectivity index is 0.00000300. The lowest BCUT2D eigenvalue weighted by molar-refractivity contribution is 0.131. The number of nitrogens with zero attached hydrogens (tertiary/aromatic N) is 4. The van der Waals surface area contributed by atoms with Gasteiger partial charge in [0.15, 0.2) is 5.96 Å². The molecule has 7 heteroatoms. The molecule has 2 fully saturated rings. The second-order valence-electron chi connectivity index (χ2n) is 8.20. The fourth-order valence-electron chi connectivity index (χ4n) is 4.14. The molecule has 2 heterocycles. The van der Waals surface area contributed by atoms with Crippen molar-refractivity contribution in [2.75, 3.05) is 50.7 Å². The smallest absolute Gasteiger partial charge is 0.191 e. The second-order valence-corrected chi connectivity index (χ2v) is 8.20. The lowest BCUT2D eigenvalue weighted by atomic mass is 9.67. The number of rotatable bonds is 8. The molecule has 0 unspecified atom stereocenters. The number of aromatic nitrogens is 1. The minimum Gasteiger partial charge on any atom is -0.357 e. The Hall–Kier alpha value is -1.09. The average molecular weight is 515 g/mol. The molecule has 1 aromatic heterocycles. The zero-order chi connectivity index (χ0) is 19.8. The van der Waals surface area contributed by atoms with Gasteiger partial charge in [0, 0.05) is 45.5 Å². The fraction of sp³-hybridized carbons (Fsp3) is 0.727. The highest BCUT2D eigenvalue weighted by molar-refractivity contribution is 14.0. The number of pyridine rings is 1. The van der Waals surface area contributed by atoms with Gasteiger partial charge in [-0.3, -0.25) is 0 Å². The van der Waals surface area contributed by atoms with Crippen LogP contribution in [-0.4, -0.2) is 61.7 Å². The van der Waals surface area contributed by atoms with Gasteiger partial charge in [0.2, 0.25) is 0 Å². The number of nitrogens with one attached hydrogen (secondary N) is 2. The Labute approximate surface area is 194 Å². The van der Waals surface area contributed by atoms with Gasteiger partial charge < -0.3 is 20.4 Å². The largest absolute Gasteiger partial charge is 0.357 e. The van der Waals surface area contributed by atoms with Gasteiger partial charge in [-0.2, -0.15) is 0 Å². The van der Waals surface area contributed by atoms with Crippen molar-refractivity contribution < 1.29 is 0 Å². The SMILES string of the molecule is CCNC(=NCc1ccnc(N2CCN(CC)CC2)c1)NCC1(CC)CCC1.I. The first-order chi connectivity index (χ1) is 13.7. The molecule has 1 aromatic rings. The molecule has 1 saturated carbocycles. The molecule has 1 aliphatic heterocycles. The van der Waals surface area contributed by atoms with Crippen LogP contribution >= 0.6 is 24.0 Å². The van der Waals surface area contributed by atoms with Crippen LogP contribution in [0.3, 0.4) is 0 Å². The Morgan fingerprint density at radius 1 is 1.14 bits per heavy atom. The lowest BCUT2D eigenvalue weighted by Crippen LogP contribution is -2.46. The molecule has 0 amide bonds. The number of likely N-dealkylation sites (N-methyl/N-ethyl adjacent to an activating group) is 1. The Bertz CT molecular complexity index is 632. The van der Waals surface area contributed by atoms with Crippen molar-refractivity contribution in [3.63, 3.8) is 0 Å². The maximum absolute atomic E-state index is 4.83. The fourth-order valence-corrected chi connectivity index (χ4v) is 4.14. The van der Waals surface area contributed by atoms with E-state index in [1.807, 2.05) is 6.20 Å².